The first-order valence-electron chi connectivity index (χ1n) is 10.1. The Morgan fingerprint density at radius 3 is 2.46 bits per heavy atom. The Morgan fingerprint density at radius 2 is 1.89 bits per heavy atom. The number of para-hydroxylation sites is 1. The molecule has 1 aliphatic heterocycles. The number of hydrogen-bond acceptors (Lipinski definition) is 5. The van der Waals surface area contributed by atoms with E-state index in [9.17, 15) is 4.79 Å². The van der Waals surface area contributed by atoms with E-state index in [-0.39, 0.29) is 17.2 Å². The van der Waals surface area contributed by atoms with Gasteiger partial charge in [0, 0.05) is 31.1 Å². The minimum atomic E-state index is 0.0722. The lowest BCUT2D eigenvalue weighted by Crippen LogP contribution is -2.44. The average molecular weight is 392 g/mol. The first kappa shape index (κ1) is 22.5. The number of benzene rings is 1. The molecule has 0 aliphatic carbocycles. The van der Waals surface area contributed by atoms with Gasteiger partial charge in [0.2, 0.25) is 5.91 Å². The van der Waals surface area contributed by atoms with E-state index in [2.05, 4.69) is 49.1 Å². The molecule has 1 aliphatic rings. The highest BCUT2D eigenvalue weighted by atomic mass is 16.5. The highest BCUT2D eigenvalue weighted by Crippen LogP contribution is 2.32. The molecule has 0 atom stereocenters. The third kappa shape index (κ3) is 6.38. The van der Waals surface area contributed by atoms with Gasteiger partial charge in [-0.3, -0.25) is 9.69 Å². The van der Waals surface area contributed by atoms with Crippen molar-refractivity contribution in [2.24, 2.45) is 11.3 Å². The van der Waals surface area contributed by atoms with Gasteiger partial charge in [-0.1, -0.05) is 26.0 Å². The van der Waals surface area contributed by atoms with Crippen LogP contribution in [0.4, 0.5) is 0 Å². The predicted octanol–water partition coefficient (Wildman–Crippen LogP) is 2.62. The molecule has 6 nitrogen and oxygen atoms in total. The van der Waals surface area contributed by atoms with Gasteiger partial charge in [0.05, 0.1) is 14.2 Å². The fourth-order valence-electron chi connectivity index (χ4n) is 4.06. The summed E-state index contributed by atoms with van der Waals surface area (Å²) < 4.78 is 10.9. The first-order valence-corrected chi connectivity index (χ1v) is 10.1. The lowest BCUT2D eigenvalue weighted by atomic mass is 9.91. The van der Waals surface area contributed by atoms with Gasteiger partial charge in [-0.2, -0.15) is 0 Å². The molecule has 158 valence electrons. The van der Waals surface area contributed by atoms with E-state index >= 15 is 0 Å². The normalized spacial score (nSPS) is 16.2. The Balaban J connectivity index is 1.84. The molecule has 0 bridgehead atoms. The lowest BCUT2D eigenvalue weighted by molar-refractivity contribution is -0.127. The molecule has 1 amide bonds. The summed E-state index contributed by atoms with van der Waals surface area (Å²) in [6, 6.07) is 5.98. The van der Waals surface area contributed by atoms with Crippen molar-refractivity contribution in [3.8, 4) is 11.5 Å². The summed E-state index contributed by atoms with van der Waals surface area (Å²) in [5, 5.41) is 3.18. The molecule has 0 radical (unpaired) electrons. The van der Waals surface area contributed by atoms with Gasteiger partial charge < -0.3 is 19.7 Å². The maximum absolute atomic E-state index is 12.6. The number of nitrogens with zero attached hydrogens (tertiary/aromatic N) is 2. The molecule has 1 aromatic rings. The summed E-state index contributed by atoms with van der Waals surface area (Å²) in [6.45, 7) is 8.69. The quantitative estimate of drug-likeness (QED) is 0.701. The third-order valence-corrected chi connectivity index (χ3v) is 5.32. The van der Waals surface area contributed by atoms with Gasteiger partial charge in [0.25, 0.3) is 0 Å². The number of nitrogens with one attached hydrogen (secondary N) is 1. The molecule has 1 aromatic carbocycles. The minimum Gasteiger partial charge on any atom is -0.493 e. The number of hydrogen-bond donors (Lipinski definition) is 1. The van der Waals surface area contributed by atoms with E-state index in [1.165, 1.54) is 0 Å². The molecule has 1 fully saturated rings. The molecule has 28 heavy (non-hydrogen) atoms. The van der Waals surface area contributed by atoms with E-state index in [0.717, 1.165) is 56.1 Å². The Morgan fingerprint density at radius 1 is 1.21 bits per heavy atom. The highest BCUT2D eigenvalue weighted by molar-refractivity contribution is 5.78. The van der Waals surface area contributed by atoms with Crippen molar-refractivity contribution in [2.75, 3.05) is 54.5 Å². The van der Waals surface area contributed by atoms with Crippen LogP contribution in [0.1, 0.15) is 32.3 Å². The van der Waals surface area contributed by atoms with Crippen molar-refractivity contribution in [1.82, 2.24) is 15.1 Å². The number of carbonyl (C=O) groups is 1. The number of methoxy groups -OCH3 is 2. The fraction of sp³-hybridized carbons (Fsp3) is 0.682. The largest absolute Gasteiger partial charge is 0.493 e. The molecule has 0 aromatic heterocycles. The van der Waals surface area contributed by atoms with Crippen molar-refractivity contribution >= 4 is 5.91 Å². The number of likely N-dealkylation sites (tertiary alicyclic amines) is 1. The Bertz CT molecular complexity index is 638. The van der Waals surface area contributed by atoms with E-state index in [1.54, 1.807) is 14.2 Å². The lowest BCUT2D eigenvalue weighted by Gasteiger charge is -2.33. The average Bonchev–Trinajstić information content (AvgIpc) is 2.65. The second-order valence-electron chi connectivity index (χ2n) is 8.82. The number of piperidine rings is 1. The van der Waals surface area contributed by atoms with Crippen molar-refractivity contribution in [1.29, 1.82) is 0 Å². The summed E-state index contributed by atoms with van der Waals surface area (Å²) in [5.74, 6) is 1.87. The monoisotopic (exact) mass is 391 g/mol. The Hall–Kier alpha value is -1.79. The van der Waals surface area contributed by atoms with Gasteiger partial charge in [-0.25, -0.2) is 0 Å². The fourth-order valence-corrected chi connectivity index (χ4v) is 4.06. The van der Waals surface area contributed by atoms with Crippen molar-refractivity contribution in [3.63, 3.8) is 0 Å². The van der Waals surface area contributed by atoms with E-state index in [0.29, 0.717) is 6.54 Å². The number of rotatable bonds is 9. The highest BCUT2D eigenvalue weighted by Gasteiger charge is 2.27. The smallest absolute Gasteiger partial charge is 0.223 e. The summed E-state index contributed by atoms with van der Waals surface area (Å²) in [6.07, 6.45) is 1.79. The van der Waals surface area contributed by atoms with Crippen LogP contribution < -0.4 is 14.8 Å². The van der Waals surface area contributed by atoms with Crippen LogP contribution >= 0.6 is 0 Å². The zero-order chi connectivity index (χ0) is 20.7. The maximum atomic E-state index is 12.6. The number of ether oxygens (including phenoxy) is 2. The van der Waals surface area contributed by atoms with Crippen molar-refractivity contribution < 1.29 is 14.3 Å². The second-order valence-corrected chi connectivity index (χ2v) is 8.82. The van der Waals surface area contributed by atoms with Crippen LogP contribution in [0.2, 0.25) is 0 Å². The summed E-state index contributed by atoms with van der Waals surface area (Å²) in [7, 11) is 7.47. The molecule has 6 heteroatoms. The van der Waals surface area contributed by atoms with Crippen LogP contribution in [0.15, 0.2) is 18.2 Å². The third-order valence-electron chi connectivity index (χ3n) is 5.32. The van der Waals surface area contributed by atoms with E-state index in [4.69, 9.17) is 9.47 Å². The number of carbonyl (C=O) groups excluding carboxylic acids is 1. The van der Waals surface area contributed by atoms with Crippen LogP contribution in [0, 0.1) is 11.3 Å². The number of amides is 1. The van der Waals surface area contributed by atoms with Gasteiger partial charge in [-0.05, 0) is 51.5 Å². The van der Waals surface area contributed by atoms with Gasteiger partial charge >= 0.3 is 0 Å². The van der Waals surface area contributed by atoms with Crippen LogP contribution in [0.5, 0.6) is 11.5 Å². The van der Waals surface area contributed by atoms with Crippen LogP contribution in [0.3, 0.4) is 0 Å². The van der Waals surface area contributed by atoms with Crippen LogP contribution in [-0.4, -0.2) is 70.2 Å². The molecule has 0 saturated carbocycles. The molecule has 1 heterocycles. The summed E-state index contributed by atoms with van der Waals surface area (Å²) in [4.78, 5) is 17.1. The standard InChI is InChI=1S/C22H37N3O3/c1-22(2,16-24(3)4)15-23-21(26)17-10-12-25(13-11-17)14-18-8-7-9-19(27-5)20(18)28-6/h7-9,17H,10-16H2,1-6H3,(H,23,26). The van der Waals surface area contributed by atoms with Crippen molar-refractivity contribution in [3.05, 3.63) is 23.8 Å². The molecule has 0 spiro atoms. The summed E-state index contributed by atoms with van der Waals surface area (Å²) >= 11 is 0. The van der Waals surface area contributed by atoms with E-state index < -0.39 is 0 Å². The second kappa shape index (κ2) is 10.1. The molecule has 2 rings (SSSR count). The topological polar surface area (TPSA) is 54.0 Å². The van der Waals surface area contributed by atoms with Crippen LogP contribution in [-0.2, 0) is 11.3 Å². The van der Waals surface area contributed by atoms with Gasteiger partial charge in [0.1, 0.15) is 0 Å². The SMILES string of the molecule is COc1cccc(CN2CCC(C(=O)NCC(C)(C)CN(C)C)CC2)c1OC. The molecule has 0 unspecified atom stereocenters. The zero-order valence-corrected chi connectivity index (χ0v) is 18.4. The maximum Gasteiger partial charge on any atom is 0.223 e. The molecule has 1 N–H and O–H groups in total. The predicted molar refractivity (Wildman–Crippen MR) is 113 cm³/mol. The Labute approximate surface area is 170 Å². The van der Waals surface area contributed by atoms with Gasteiger partial charge in [0.15, 0.2) is 11.5 Å². The first-order chi connectivity index (χ1) is 13.3. The van der Waals surface area contributed by atoms with Crippen molar-refractivity contribution in [2.45, 2.75) is 33.2 Å². The molecular weight excluding hydrogens is 354 g/mol. The minimum absolute atomic E-state index is 0.0722. The van der Waals surface area contributed by atoms with E-state index in [1.807, 2.05) is 12.1 Å². The molecular formula is C22H37N3O3. The Kier molecular flexibility index (Phi) is 8.13. The zero-order valence-electron chi connectivity index (χ0n) is 18.4. The summed E-state index contributed by atoms with van der Waals surface area (Å²) in [5.41, 5.74) is 1.19. The van der Waals surface area contributed by atoms with Crippen LogP contribution in [0.25, 0.3) is 0 Å². The van der Waals surface area contributed by atoms with Gasteiger partial charge in [-0.15, -0.1) is 0 Å². The molecule has 1 saturated heterocycles.